The number of Topliss-reactive ketones (excluding diaryl/α,β-unsaturated/α-hetero) is 1. The first-order chi connectivity index (χ1) is 10.4. The fraction of sp³-hybridized carbons (Fsp3) is 0.941. The summed E-state index contributed by atoms with van der Waals surface area (Å²) in [6.45, 7) is 15.0. The van der Waals surface area contributed by atoms with Crippen LogP contribution in [0, 0.1) is 5.92 Å². The number of hydrogen-bond acceptors (Lipinski definition) is 5. The minimum Gasteiger partial charge on any atom is -0.387 e. The predicted molar refractivity (Wildman–Crippen MR) is 97.6 cm³/mol. The van der Waals surface area contributed by atoms with Crippen LogP contribution in [0.15, 0.2) is 0 Å². The van der Waals surface area contributed by atoms with E-state index in [-0.39, 0.29) is 11.9 Å². The molecule has 1 fully saturated rings. The SMILES string of the molecule is CCC(C)(C)OC1C(O)C(OI)(C(C)(C)OC(C)C)C1C(C)=O. The molecule has 1 N–H and O–H groups in total. The Kier molecular flexibility index (Phi) is 6.69. The first-order valence-electron chi connectivity index (χ1n) is 8.20. The summed E-state index contributed by atoms with van der Waals surface area (Å²) in [6.07, 6.45) is -0.800. The Hall–Kier alpha value is 0.240. The summed E-state index contributed by atoms with van der Waals surface area (Å²) in [4.78, 5) is 12.3. The van der Waals surface area contributed by atoms with Crippen LogP contribution in [0.25, 0.3) is 0 Å². The van der Waals surface area contributed by atoms with E-state index in [1.54, 1.807) is 23.0 Å². The zero-order valence-electron chi connectivity index (χ0n) is 15.5. The molecule has 1 saturated carbocycles. The lowest BCUT2D eigenvalue weighted by molar-refractivity contribution is -0.323. The van der Waals surface area contributed by atoms with Gasteiger partial charge in [0.1, 0.15) is 40.5 Å². The van der Waals surface area contributed by atoms with E-state index >= 15 is 0 Å². The van der Waals surface area contributed by atoms with Crippen molar-refractivity contribution in [3.63, 3.8) is 0 Å². The summed E-state index contributed by atoms with van der Waals surface area (Å²) in [5.74, 6) is -0.640. The lowest BCUT2D eigenvalue weighted by Crippen LogP contribution is -2.81. The van der Waals surface area contributed by atoms with E-state index in [0.717, 1.165) is 6.42 Å². The van der Waals surface area contributed by atoms with Crippen LogP contribution < -0.4 is 0 Å². The smallest absolute Gasteiger partial charge is 0.149 e. The second kappa shape index (κ2) is 7.23. The molecule has 0 aromatic carbocycles. The molecule has 0 heterocycles. The van der Waals surface area contributed by atoms with Gasteiger partial charge < -0.3 is 17.6 Å². The Morgan fingerprint density at radius 1 is 1.30 bits per heavy atom. The Balaban J connectivity index is 3.21. The highest BCUT2D eigenvalue weighted by Crippen LogP contribution is 2.54. The lowest BCUT2D eigenvalue weighted by atomic mass is 9.56. The number of carbonyl (C=O) groups is 1. The molecule has 0 aromatic rings. The van der Waals surface area contributed by atoms with Crippen LogP contribution in [0.5, 0.6) is 0 Å². The van der Waals surface area contributed by atoms with Crippen molar-refractivity contribution >= 4 is 28.8 Å². The molecule has 4 unspecified atom stereocenters. The Labute approximate surface area is 154 Å². The Morgan fingerprint density at radius 2 is 1.83 bits per heavy atom. The normalized spacial score (nSPS) is 32.0. The van der Waals surface area contributed by atoms with Gasteiger partial charge in [-0.3, -0.25) is 4.79 Å². The fourth-order valence-electron chi connectivity index (χ4n) is 3.45. The van der Waals surface area contributed by atoms with Gasteiger partial charge in [0.05, 0.1) is 29.3 Å². The molecule has 23 heavy (non-hydrogen) atoms. The number of ketones is 1. The molecule has 0 amide bonds. The van der Waals surface area contributed by atoms with Gasteiger partial charge in [-0.15, -0.1) is 0 Å². The Bertz CT molecular complexity index is 435. The fourth-order valence-corrected chi connectivity index (χ4v) is 4.52. The summed E-state index contributed by atoms with van der Waals surface area (Å²) in [5, 5.41) is 10.9. The topological polar surface area (TPSA) is 65.0 Å². The van der Waals surface area contributed by atoms with E-state index in [1.165, 1.54) is 6.92 Å². The van der Waals surface area contributed by atoms with Crippen LogP contribution in [-0.4, -0.2) is 46.0 Å². The second-order valence-corrected chi connectivity index (χ2v) is 8.22. The monoisotopic (exact) mass is 442 g/mol. The highest BCUT2D eigenvalue weighted by Gasteiger charge is 2.73. The highest BCUT2D eigenvalue weighted by molar-refractivity contribution is 14.1. The minimum atomic E-state index is -1.13. The van der Waals surface area contributed by atoms with Crippen LogP contribution in [0.3, 0.4) is 0 Å². The van der Waals surface area contributed by atoms with Gasteiger partial charge in [0.15, 0.2) is 0 Å². The van der Waals surface area contributed by atoms with Crippen molar-refractivity contribution in [2.24, 2.45) is 5.92 Å². The molecular formula is C17H31IO5. The van der Waals surface area contributed by atoms with Crippen molar-refractivity contribution in [1.82, 2.24) is 0 Å². The van der Waals surface area contributed by atoms with E-state index in [1.807, 2.05) is 48.5 Å². The van der Waals surface area contributed by atoms with Crippen molar-refractivity contribution in [1.29, 1.82) is 0 Å². The third-order valence-corrected chi connectivity index (χ3v) is 5.61. The molecule has 1 aliphatic carbocycles. The summed E-state index contributed by atoms with van der Waals surface area (Å²) in [5.41, 5.74) is -2.38. The molecule has 136 valence electrons. The maximum Gasteiger partial charge on any atom is 0.149 e. The summed E-state index contributed by atoms with van der Waals surface area (Å²) >= 11 is 1.76. The van der Waals surface area contributed by atoms with Gasteiger partial charge in [0.25, 0.3) is 0 Å². The van der Waals surface area contributed by atoms with Crippen molar-refractivity contribution in [3.05, 3.63) is 0 Å². The summed E-state index contributed by atoms with van der Waals surface area (Å²) in [6, 6.07) is 0. The van der Waals surface area contributed by atoms with Crippen molar-refractivity contribution in [3.8, 4) is 0 Å². The number of rotatable bonds is 8. The molecule has 0 bridgehead atoms. The summed E-state index contributed by atoms with van der Waals surface area (Å²) < 4.78 is 17.7. The van der Waals surface area contributed by atoms with Crippen molar-refractivity contribution in [2.75, 3.05) is 0 Å². The molecule has 4 atom stereocenters. The standard InChI is InChI=1S/C17H31IO5/c1-9-15(5,6)22-13-12(11(4)19)17(23-18,14(13)20)16(7,8)21-10(2)3/h10,12-14,20H,9H2,1-8H3. The third kappa shape index (κ3) is 3.76. The predicted octanol–water partition coefficient (Wildman–Crippen LogP) is 3.45. The first kappa shape index (κ1) is 21.3. The van der Waals surface area contributed by atoms with Gasteiger partial charge in [-0.25, -0.2) is 0 Å². The number of hydrogen-bond donors (Lipinski definition) is 1. The minimum absolute atomic E-state index is 0.0553. The van der Waals surface area contributed by atoms with E-state index in [2.05, 4.69) is 0 Å². The molecule has 6 heteroatoms. The highest BCUT2D eigenvalue weighted by atomic mass is 127. The number of aliphatic hydroxyl groups is 1. The zero-order valence-corrected chi connectivity index (χ0v) is 17.6. The van der Waals surface area contributed by atoms with Gasteiger partial charge in [-0.2, -0.15) is 0 Å². The van der Waals surface area contributed by atoms with Crippen LogP contribution in [0.1, 0.15) is 61.8 Å². The maximum atomic E-state index is 12.3. The number of ether oxygens (including phenoxy) is 2. The molecule has 0 aliphatic heterocycles. The van der Waals surface area contributed by atoms with Crippen LogP contribution in [0.4, 0.5) is 0 Å². The Morgan fingerprint density at radius 3 is 2.17 bits per heavy atom. The van der Waals surface area contributed by atoms with Gasteiger partial charge in [0, 0.05) is 0 Å². The van der Waals surface area contributed by atoms with E-state index in [0.29, 0.717) is 0 Å². The first-order valence-corrected chi connectivity index (χ1v) is 9.08. The van der Waals surface area contributed by atoms with Gasteiger partial charge >= 0.3 is 0 Å². The summed E-state index contributed by atoms with van der Waals surface area (Å²) in [7, 11) is 0. The molecular weight excluding hydrogens is 411 g/mol. The lowest BCUT2D eigenvalue weighted by Gasteiger charge is -2.62. The molecule has 1 rings (SSSR count). The average molecular weight is 442 g/mol. The van der Waals surface area contributed by atoms with Gasteiger partial charge in [-0.1, -0.05) is 6.92 Å². The largest absolute Gasteiger partial charge is 0.387 e. The van der Waals surface area contributed by atoms with Crippen LogP contribution in [-0.2, 0) is 17.3 Å². The molecule has 0 saturated heterocycles. The van der Waals surface area contributed by atoms with Crippen molar-refractivity contribution < 1.29 is 22.4 Å². The maximum absolute atomic E-state index is 12.3. The zero-order chi connectivity index (χ0) is 18.2. The van der Waals surface area contributed by atoms with Gasteiger partial charge in [0.2, 0.25) is 0 Å². The average Bonchev–Trinajstić information content (AvgIpc) is 2.39. The molecule has 0 spiro atoms. The molecule has 0 aromatic heterocycles. The third-order valence-electron chi connectivity index (χ3n) is 4.88. The van der Waals surface area contributed by atoms with Gasteiger partial charge in [-0.05, 0) is 54.9 Å². The van der Waals surface area contributed by atoms with E-state index in [4.69, 9.17) is 12.5 Å². The molecule has 5 nitrogen and oxygen atoms in total. The van der Waals surface area contributed by atoms with E-state index in [9.17, 15) is 9.90 Å². The van der Waals surface area contributed by atoms with Crippen molar-refractivity contribution in [2.45, 2.75) is 96.9 Å². The molecule has 1 aliphatic rings. The quantitative estimate of drug-likeness (QED) is 0.584. The number of carbonyl (C=O) groups excluding carboxylic acids is 1. The second-order valence-electron chi connectivity index (χ2n) is 7.78. The van der Waals surface area contributed by atoms with E-state index < -0.39 is 34.9 Å². The number of aliphatic hydroxyl groups excluding tert-OH is 1. The van der Waals surface area contributed by atoms with Crippen LogP contribution in [0.2, 0.25) is 0 Å². The molecule has 0 radical (unpaired) electrons. The number of halogens is 1. The van der Waals surface area contributed by atoms with Crippen LogP contribution >= 0.6 is 23.0 Å².